The highest BCUT2D eigenvalue weighted by molar-refractivity contribution is 5.92. The molecule has 2 saturated heterocycles. The second-order valence-electron chi connectivity index (χ2n) is 9.83. The number of piperazine rings is 1. The summed E-state index contributed by atoms with van der Waals surface area (Å²) in [6.07, 6.45) is -0.725. The number of carbonyl (C=O) groups is 3. The van der Waals surface area contributed by atoms with Gasteiger partial charge in [-0.3, -0.25) is 9.59 Å². The van der Waals surface area contributed by atoms with E-state index in [-0.39, 0.29) is 56.5 Å². The molecule has 0 unspecified atom stereocenters. The molecule has 208 valence electrons. The number of urea groups is 1. The molecule has 4 amide bonds. The molecule has 40 heavy (non-hydrogen) atoms. The predicted octanol–water partition coefficient (Wildman–Crippen LogP) is 3.15. The van der Waals surface area contributed by atoms with Crippen molar-refractivity contribution >= 4 is 17.8 Å². The average Bonchev–Trinajstić information content (AvgIpc) is 2.96. The van der Waals surface area contributed by atoms with Gasteiger partial charge in [-0.1, -0.05) is 78.9 Å². The molecular weight excluding hydrogens is 513 g/mol. The Morgan fingerprint density at radius 3 is 2.38 bits per heavy atom. The van der Waals surface area contributed by atoms with Gasteiger partial charge in [0.2, 0.25) is 11.8 Å². The molecule has 2 fully saturated rings. The molecule has 3 aromatic carbocycles. The summed E-state index contributed by atoms with van der Waals surface area (Å²) < 4.78 is 19.7. The van der Waals surface area contributed by atoms with Crippen LogP contribution in [0, 0.1) is 5.82 Å². The molecule has 0 spiro atoms. The van der Waals surface area contributed by atoms with E-state index in [1.54, 1.807) is 35.2 Å². The molecule has 0 radical (unpaired) electrons. The number of halogens is 1. The van der Waals surface area contributed by atoms with Gasteiger partial charge in [0.05, 0.1) is 26.3 Å². The van der Waals surface area contributed by atoms with E-state index in [9.17, 15) is 18.8 Å². The van der Waals surface area contributed by atoms with Gasteiger partial charge < -0.3 is 19.9 Å². The summed E-state index contributed by atoms with van der Waals surface area (Å²) in [7, 11) is 1.69. The highest BCUT2D eigenvalue weighted by Crippen LogP contribution is 2.34. The number of nitrogens with one attached hydrogen (secondary N) is 1. The van der Waals surface area contributed by atoms with Crippen LogP contribution >= 0.6 is 0 Å². The van der Waals surface area contributed by atoms with E-state index >= 15 is 0 Å². The summed E-state index contributed by atoms with van der Waals surface area (Å²) in [5, 5.41) is 6.05. The lowest BCUT2D eigenvalue weighted by Gasteiger charge is -2.54. The number of hydrogen-bond donors (Lipinski definition) is 1. The van der Waals surface area contributed by atoms with E-state index in [1.807, 2.05) is 60.7 Å². The van der Waals surface area contributed by atoms with Crippen LogP contribution in [0.4, 0.5) is 9.18 Å². The third-order valence-corrected chi connectivity index (χ3v) is 7.16. The minimum Gasteiger partial charge on any atom is -0.375 e. The van der Waals surface area contributed by atoms with Crippen molar-refractivity contribution in [2.24, 2.45) is 0 Å². The number of benzene rings is 3. The summed E-state index contributed by atoms with van der Waals surface area (Å²) in [6, 6.07) is 23.8. The third-order valence-electron chi connectivity index (χ3n) is 7.16. The average molecular weight is 546 g/mol. The lowest BCUT2D eigenvalue weighted by molar-refractivity contribution is -0.188. The number of hydrogen-bond acceptors (Lipinski definition) is 5. The van der Waals surface area contributed by atoms with Crippen LogP contribution in [0.2, 0.25) is 0 Å². The number of fused-ring (bicyclic) bond motifs is 1. The van der Waals surface area contributed by atoms with Gasteiger partial charge in [0.25, 0.3) is 0 Å². The largest absolute Gasteiger partial charge is 0.375 e. The van der Waals surface area contributed by atoms with Crippen LogP contribution in [-0.4, -0.2) is 77.1 Å². The van der Waals surface area contributed by atoms with Crippen LogP contribution in [-0.2, 0) is 27.5 Å². The lowest BCUT2D eigenvalue weighted by atomic mass is 9.99. The number of nitrogens with zero attached hydrogens (tertiary/aromatic N) is 4. The molecule has 5 rings (SSSR count). The van der Waals surface area contributed by atoms with E-state index < -0.39 is 12.2 Å². The van der Waals surface area contributed by atoms with Gasteiger partial charge in [-0.2, -0.15) is 0 Å². The zero-order chi connectivity index (χ0) is 28.1. The van der Waals surface area contributed by atoms with Crippen molar-refractivity contribution in [3.63, 3.8) is 0 Å². The molecule has 1 N–H and O–H groups in total. The summed E-state index contributed by atoms with van der Waals surface area (Å²) in [6.45, 7) is 0.843. The van der Waals surface area contributed by atoms with E-state index in [0.29, 0.717) is 17.7 Å². The topological polar surface area (TPSA) is 85.4 Å². The molecule has 0 aliphatic carbocycles. The third kappa shape index (κ3) is 5.83. The Bertz CT molecular complexity index is 1340. The fraction of sp³-hybridized carbons (Fsp3) is 0.300. The molecule has 0 bridgehead atoms. The summed E-state index contributed by atoms with van der Waals surface area (Å²) >= 11 is 0. The Hall–Kier alpha value is -4.28. The standard InChI is InChI=1S/C30H32FN5O4/c1-33-20-27(37)35-26(36(33)30(39)32-18-22-10-4-2-5-11-22)19-34(29(38)28(35)23-12-6-3-7-13-23)16-17-40-21-24-14-8-9-15-25(24)31/h2-15,26,28H,16-21H2,1H3,(H,32,39)/t26-,28-/m0/s1. The first kappa shape index (κ1) is 27.3. The van der Waals surface area contributed by atoms with E-state index in [0.717, 1.165) is 5.56 Å². The molecule has 9 nitrogen and oxygen atoms in total. The highest BCUT2D eigenvalue weighted by Gasteiger charge is 2.51. The Morgan fingerprint density at radius 2 is 1.65 bits per heavy atom. The first-order valence-electron chi connectivity index (χ1n) is 13.2. The number of carbonyl (C=O) groups excluding carboxylic acids is 3. The zero-order valence-corrected chi connectivity index (χ0v) is 22.3. The van der Waals surface area contributed by atoms with Crippen LogP contribution in [0.5, 0.6) is 0 Å². The summed E-state index contributed by atoms with van der Waals surface area (Å²) in [5.74, 6) is -0.839. The smallest absolute Gasteiger partial charge is 0.334 e. The second kappa shape index (κ2) is 12.3. The molecule has 10 heteroatoms. The van der Waals surface area contributed by atoms with Crippen LogP contribution in [0.3, 0.4) is 0 Å². The van der Waals surface area contributed by atoms with Gasteiger partial charge in [0.15, 0.2) is 0 Å². The minimum atomic E-state index is -0.892. The first-order valence-corrected chi connectivity index (χ1v) is 13.2. The monoisotopic (exact) mass is 545 g/mol. The van der Waals surface area contributed by atoms with E-state index in [1.165, 1.54) is 16.0 Å². The van der Waals surface area contributed by atoms with Gasteiger partial charge in [-0.15, -0.1) is 0 Å². The van der Waals surface area contributed by atoms with E-state index in [2.05, 4.69) is 5.32 Å². The fourth-order valence-corrected chi connectivity index (χ4v) is 5.18. The van der Waals surface area contributed by atoms with Crippen molar-refractivity contribution in [3.05, 3.63) is 107 Å². The van der Waals surface area contributed by atoms with Gasteiger partial charge >= 0.3 is 6.03 Å². The molecular formula is C30H32FN5O4. The lowest BCUT2D eigenvalue weighted by Crippen LogP contribution is -2.73. The first-order chi connectivity index (χ1) is 19.4. The van der Waals surface area contributed by atoms with Crippen molar-refractivity contribution in [1.29, 1.82) is 0 Å². The van der Waals surface area contributed by atoms with Gasteiger partial charge in [-0.05, 0) is 17.2 Å². The number of hydrazine groups is 1. The normalized spacial score (nSPS) is 19.5. The highest BCUT2D eigenvalue weighted by atomic mass is 19.1. The van der Waals surface area contributed by atoms with Crippen LogP contribution in [0.25, 0.3) is 0 Å². The van der Waals surface area contributed by atoms with Gasteiger partial charge in [0.1, 0.15) is 18.0 Å². The number of ether oxygens (including phenoxy) is 1. The number of likely N-dealkylation sites (N-methyl/N-ethyl adjacent to an activating group) is 1. The van der Waals surface area contributed by atoms with Gasteiger partial charge in [0, 0.05) is 25.7 Å². The van der Waals surface area contributed by atoms with Crippen molar-refractivity contribution in [1.82, 2.24) is 25.1 Å². The fourth-order valence-electron chi connectivity index (χ4n) is 5.18. The van der Waals surface area contributed by atoms with Crippen molar-refractivity contribution in [3.8, 4) is 0 Å². The quantitative estimate of drug-likeness (QED) is 0.440. The maximum absolute atomic E-state index is 14.0. The van der Waals surface area contributed by atoms with Crippen LogP contribution < -0.4 is 5.32 Å². The minimum absolute atomic E-state index is 0.0440. The van der Waals surface area contributed by atoms with Crippen molar-refractivity contribution in [2.75, 3.05) is 33.3 Å². The zero-order valence-electron chi connectivity index (χ0n) is 22.3. The van der Waals surface area contributed by atoms with Crippen LogP contribution in [0.15, 0.2) is 84.9 Å². The summed E-state index contributed by atoms with van der Waals surface area (Å²) in [4.78, 5) is 43.8. The molecule has 0 saturated carbocycles. The number of amides is 4. The molecule has 2 heterocycles. The Labute approximate surface area is 232 Å². The van der Waals surface area contributed by atoms with Gasteiger partial charge in [-0.25, -0.2) is 19.2 Å². The van der Waals surface area contributed by atoms with E-state index in [4.69, 9.17) is 4.74 Å². The maximum atomic E-state index is 14.0. The number of rotatable bonds is 8. The Morgan fingerprint density at radius 1 is 0.975 bits per heavy atom. The second-order valence-corrected chi connectivity index (χ2v) is 9.83. The maximum Gasteiger partial charge on any atom is 0.334 e. The summed E-state index contributed by atoms with van der Waals surface area (Å²) in [5.41, 5.74) is 2.04. The molecule has 2 aliphatic heterocycles. The Balaban J connectivity index is 1.36. The predicted molar refractivity (Wildman–Crippen MR) is 146 cm³/mol. The molecule has 2 aliphatic rings. The molecule has 3 aromatic rings. The van der Waals surface area contributed by atoms with Crippen LogP contribution in [0.1, 0.15) is 22.7 Å². The Kier molecular flexibility index (Phi) is 8.37. The molecule has 2 atom stereocenters. The molecule has 0 aromatic heterocycles. The van der Waals surface area contributed by atoms with Crippen molar-refractivity contribution in [2.45, 2.75) is 25.4 Å². The van der Waals surface area contributed by atoms with Crippen molar-refractivity contribution < 1.29 is 23.5 Å². The SMILES string of the molecule is CN1CC(=O)N2[C@@H](c3ccccc3)C(=O)N(CCOCc3ccccc3F)C[C@@H]2N1C(=O)NCc1ccccc1.